The summed E-state index contributed by atoms with van der Waals surface area (Å²) in [6.07, 6.45) is 3.85. The Balaban J connectivity index is 1.12. The molecule has 3 heterocycles. The highest BCUT2D eigenvalue weighted by molar-refractivity contribution is 5.89. The number of halogens is 1. The van der Waals surface area contributed by atoms with Crippen LogP contribution in [-0.2, 0) is 11.2 Å². The van der Waals surface area contributed by atoms with E-state index in [1.165, 1.54) is 12.1 Å². The number of benzene rings is 3. The van der Waals surface area contributed by atoms with Crippen molar-refractivity contribution in [3.63, 3.8) is 0 Å². The number of aromatic nitrogens is 2. The number of H-pyrrole nitrogens is 1. The summed E-state index contributed by atoms with van der Waals surface area (Å²) in [6.45, 7) is 2.72. The highest BCUT2D eigenvalue weighted by atomic mass is 19.1. The monoisotopic (exact) mass is 506 g/mol. The van der Waals surface area contributed by atoms with Crippen molar-refractivity contribution in [3.05, 3.63) is 103 Å². The van der Waals surface area contributed by atoms with Crippen LogP contribution in [0.2, 0.25) is 0 Å². The number of aromatic amines is 1. The molecule has 0 bridgehead atoms. The Morgan fingerprint density at radius 3 is 2.39 bits per heavy atom. The van der Waals surface area contributed by atoms with Gasteiger partial charge in [0.1, 0.15) is 11.6 Å². The highest BCUT2D eigenvalue weighted by Gasteiger charge is 2.21. The third-order valence-electron chi connectivity index (χ3n) is 7.19. The molecule has 0 aliphatic carbocycles. The number of rotatable bonds is 5. The molecular weight excluding hydrogens is 479 g/mol. The lowest BCUT2D eigenvalue weighted by molar-refractivity contribution is -0.130. The number of para-hydroxylation sites is 1. The first-order chi connectivity index (χ1) is 18.5. The molecule has 1 aliphatic heterocycles. The van der Waals surface area contributed by atoms with E-state index in [2.05, 4.69) is 14.9 Å². The number of anilines is 1. The fourth-order valence-electron chi connectivity index (χ4n) is 5.07. The van der Waals surface area contributed by atoms with E-state index in [0.29, 0.717) is 19.5 Å². The van der Waals surface area contributed by atoms with Gasteiger partial charge in [0.05, 0.1) is 12.1 Å². The highest BCUT2D eigenvalue weighted by Crippen LogP contribution is 2.38. The number of aromatic hydroxyl groups is 1. The van der Waals surface area contributed by atoms with E-state index in [0.717, 1.165) is 57.6 Å². The minimum atomic E-state index is -0.247. The van der Waals surface area contributed by atoms with E-state index in [1.807, 2.05) is 59.5 Å². The Labute approximate surface area is 220 Å². The summed E-state index contributed by atoms with van der Waals surface area (Å²) in [5, 5.41) is 12.1. The van der Waals surface area contributed by atoms with E-state index < -0.39 is 0 Å². The Hall–Kier alpha value is -4.65. The molecule has 2 aromatic heterocycles. The summed E-state index contributed by atoms with van der Waals surface area (Å²) in [5.74, 6) is 0.0491. The number of phenols is 1. The summed E-state index contributed by atoms with van der Waals surface area (Å²) in [4.78, 5) is 24.5. The maximum Gasteiger partial charge on any atom is 0.227 e. The number of phenolic OH excluding ortho intramolecular Hbond substituents is 1. The second-order valence-corrected chi connectivity index (χ2v) is 9.57. The molecule has 5 aromatic rings. The summed E-state index contributed by atoms with van der Waals surface area (Å²) in [7, 11) is 0. The number of fused-ring (bicyclic) bond motifs is 1. The topological polar surface area (TPSA) is 72.5 Å². The number of piperazine rings is 1. The van der Waals surface area contributed by atoms with Gasteiger partial charge in [-0.3, -0.25) is 9.78 Å². The summed E-state index contributed by atoms with van der Waals surface area (Å²) in [6, 6.07) is 23.9. The van der Waals surface area contributed by atoms with Crippen molar-refractivity contribution >= 4 is 22.5 Å². The lowest BCUT2D eigenvalue weighted by Crippen LogP contribution is -2.49. The van der Waals surface area contributed by atoms with Crippen molar-refractivity contribution in [1.29, 1.82) is 0 Å². The van der Waals surface area contributed by atoms with Gasteiger partial charge < -0.3 is 19.9 Å². The maximum atomic E-state index is 13.2. The average molecular weight is 507 g/mol. The molecule has 1 amide bonds. The van der Waals surface area contributed by atoms with Gasteiger partial charge in [-0.25, -0.2) is 4.39 Å². The standard InChI is InChI=1S/C31H27FN4O2/c32-24-8-10-25(11-9-24)35-14-16-36(17-15-35)30(37)18-21-4-6-22(7-5-21)26-2-1-3-27(31(26)38)29-19-23-20-33-13-12-28(23)34-29/h1-13,19-20,34,38H,14-18H2. The largest absolute Gasteiger partial charge is 0.507 e. The van der Waals surface area contributed by atoms with E-state index in [1.54, 1.807) is 24.5 Å². The zero-order valence-corrected chi connectivity index (χ0v) is 20.8. The zero-order chi connectivity index (χ0) is 26.1. The minimum Gasteiger partial charge on any atom is -0.507 e. The van der Waals surface area contributed by atoms with Crippen LogP contribution in [0.1, 0.15) is 5.56 Å². The van der Waals surface area contributed by atoms with Gasteiger partial charge in [-0.15, -0.1) is 0 Å². The van der Waals surface area contributed by atoms with Crippen molar-refractivity contribution in [1.82, 2.24) is 14.9 Å². The number of nitrogens with zero attached hydrogens (tertiary/aromatic N) is 3. The Morgan fingerprint density at radius 1 is 0.921 bits per heavy atom. The quantitative estimate of drug-likeness (QED) is 0.324. The lowest BCUT2D eigenvalue weighted by Gasteiger charge is -2.36. The lowest BCUT2D eigenvalue weighted by atomic mass is 9.98. The minimum absolute atomic E-state index is 0.0923. The molecule has 1 fully saturated rings. The van der Waals surface area contributed by atoms with Gasteiger partial charge in [0.15, 0.2) is 0 Å². The molecule has 38 heavy (non-hydrogen) atoms. The van der Waals surface area contributed by atoms with Crippen LogP contribution < -0.4 is 4.90 Å². The molecule has 0 atom stereocenters. The number of amides is 1. The van der Waals surface area contributed by atoms with Crippen LogP contribution in [0.15, 0.2) is 91.3 Å². The Bertz CT molecular complexity index is 1550. The third kappa shape index (κ3) is 4.70. The molecule has 3 aromatic carbocycles. The van der Waals surface area contributed by atoms with Crippen molar-refractivity contribution in [2.45, 2.75) is 6.42 Å². The molecule has 0 unspecified atom stereocenters. The first-order valence-electron chi connectivity index (χ1n) is 12.7. The molecule has 1 aliphatic rings. The molecule has 2 N–H and O–H groups in total. The van der Waals surface area contributed by atoms with E-state index in [4.69, 9.17) is 0 Å². The van der Waals surface area contributed by atoms with Crippen LogP contribution >= 0.6 is 0 Å². The zero-order valence-electron chi connectivity index (χ0n) is 20.8. The molecule has 190 valence electrons. The fraction of sp³-hybridized carbons (Fsp3) is 0.161. The van der Waals surface area contributed by atoms with Crippen molar-refractivity contribution in [3.8, 4) is 28.1 Å². The first-order valence-corrected chi connectivity index (χ1v) is 12.7. The van der Waals surface area contributed by atoms with Gasteiger partial charge >= 0.3 is 0 Å². The Kier molecular flexibility index (Phi) is 6.25. The fourth-order valence-corrected chi connectivity index (χ4v) is 5.07. The first kappa shape index (κ1) is 23.7. The van der Waals surface area contributed by atoms with Gasteiger partial charge in [0, 0.05) is 66.3 Å². The van der Waals surface area contributed by atoms with Gasteiger partial charge in [0.2, 0.25) is 5.91 Å². The number of nitrogens with one attached hydrogen (secondary N) is 1. The second-order valence-electron chi connectivity index (χ2n) is 9.57. The van der Waals surface area contributed by atoms with E-state index in [-0.39, 0.29) is 17.5 Å². The van der Waals surface area contributed by atoms with Crippen LogP contribution in [0.4, 0.5) is 10.1 Å². The molecule has 0 saturated carbocycles. The maximum absolute atomic E-state index is 13.2. The molecule has 0 radical (unpaired) electrons. The van der Waals surface area contributed by atoms with Gasteiger partial charge in [-0.05, 0) is 53.6 Å². The number of pyridine rings is 1. The third-order valence-corrected chi connectivity index (χ3v) is 7.19. The van der Waals surface area contributed by atoms with Crippen LogP contribution in [-0.4, -0.2) is 52.1 Å². The van der Waals surface area contributed by atoms with Crippen molar-refractivity contribution in [2.75, 3.05) is 31.1 Å². The molecule has 1 saturated heterocycles. The predicted molar refractivity (Wildman–Crippen MR) is 148 cm³/mol. The molecular formula is C31H27FN4O2. The van der Waals surface area contributed by atoms with Gasteiger partial charge in [-0.1, -0.05) is 36.4 Å². The van der Waals surface area contributed by atoms with E-state index >= 15 is 0 Å². The van der Waals surface area contributed by atoms with Crippen LogP contribution in [0.3, 0.4) is 0 Å². The van der Waals surface area contributed by atoms with Crippen molar-refractivity contribution < 1.29 is 14.3 Å². The molecule has 7 heteroatoms. The molecule has 6 rings (SSSR count). The smallest absolute Gasteiger partial charge is 0.227 e. The second kappa shape index (κ2) is 10.0. The summed E-state index contributed by atoms with van der Waals surface area (Å²) < 4.78 is 13.2. The average Bonchev–Trinajstić information content (AvgIpc) is 3.38. The number of hydrogen-bond donors (Lipinski definition) is 2. The van der Waals surface area contributed by atoms with Crippen LogP contribution in [0.25, 0.3) is 33.3 Å². The molecule has 0 spiro atoms. The predicted octanol–water partition coefficient (Wildman–Crippen LogP) is 5.63. The summed E-state index contributed by atoms with van der Waals surface area (Å²) >= 11 is 0. The van der Waals surface area contributed by atoms with Gasteiger partial charge in [-0.2, -0.15) is 0 Å². The van der Waals surface area contributed by atoms with Crippen LogP contribution in [0.5, 0.6) is 5.75 Å². The molecule has 6 nitrogen and oxygen atoms in total. The number of hydrogen-bond acceptors (Lipinski definition) is 4. The Morgan fingerprint density at radius 2 is 1.66 bits per heavy atom. The summed E-state index contributed by atoms with van der Waals surface area (Å²) in [5.41, 5.74) is 6.03. The normalized spacial score (nSPS) is 13.7. The van der Waals surface area contributed by atoms with Crippen molar-refractivity contribution in [2.24, 2.45) is 0 Å². The van der Waals surface area contributed by atoms with Gasteiger partial charge in [0.25, 0.3) is 0 Å². The van der Waals surface area contributed by atoms with E-state index in [9.17, 15) is 14.3 Å². The number of carbonyl (C=O) groups is 1. The van der Waals surface area contributed by atoms with Crippen LogP contribution in [0, 0.1) is 5.82 Å². The SMILES string of the molecule is O=C(Cc1ccc(-c2cccc(-c3cc4cnccc4[nH]3)c2O)cc1)N1CCN(c2ccc(F)cc2)CC1. The number of carbonyl (C=O) groups excluding carboxylic acids is 1.